The van der Waals surface area contributed by atoms with Crippen LogP contribution in [0.1, 0.15) is 67.8 Å². The summed E-state index contributed by atoms with van der Waals surface area (Å²) in [6.45, 7) is 1.87. The molecule has 1 aliphatic rings. The monoisotopic (exact) mass is 619 g/mol. The fourth-order valence-corrected chi connectivity index (χ4v) is 5.01. The van der Waals surface area contributed by atoms with Crippen LogP contribution in [0.2, 0.25) is 0 Å². The van der Waals surface area contributed by atoms with E-state index in [9.17, 15) is 31.5 Å². The van der Waals surface area contributed by atoms with Gasteiger partial charge in [0, 0.05) is 32.2 Å². The molecular formula is C25H31F6N9O3. The molecule has 2 N–H and O–H groups in total. The summed E-state index contributed by atoms with van der Waals surface area (Å²) in [6.07, 6.45) is -2.27. The zero-order valence-corrected chi connectivity index (χ0v) is 23.5. The number of hydrogen-bond acceptors (Lipinski definition) is 7. The molecular weight excluding hydrogens is 588 g/mol. The third kappa shape index (κ3) is 7.71. The second-order valence-corrected chi connectivity index (χ2v) is 10.6. The Labute approximate surface area is 241 Å². The number of carbonyl (C=O) groups excluding carboxylic acids is 2. The van der Waals surface area contributed by atoms with Gasteiger partial charge >= 0.3 is 6.18 Å². The van der Waals surface area contributed by atoms with Crippen LogP contribution in [0.3, 0.4) is 0 Å². The van der Waals surface area contributed by atoms with Gasteiger partial charge in [-0.3, -0.25) is 19.0 Å². The second kappa shape index (κ2) is 12.7. The first kappa shape index (κ1) is 32.0. The highest BCUT2D eigenvalue weighted by atomic mass is 19.4. The third-order valence-electron chi connectivity index (χ3n) is 7.10. The van der Waals surface area contributed by atoms with Gasteiger partial charge < -0.3 is 15.4 Å². The molecule has 0 bridgehead atoms. The van der Waals surface area contributed by atoms with Crippen LogP contribution in [-0.4, -0.2) is 78.2 Å². The quantitative estimate of drug-likeness (QED) is 0.313. The van der Waals surface area contributed by atoms with E-state index in [2.05, 4.69) is 31.1 Å². The Morgan fingerprint density at radius 3 is 2.53 bits per heavy atom. The number of alkyl halides is 5. The van der Waals surface area contributed by atoms with Crippen molar-refractivity contribution >= 4 is 17.5 Å². The van der Waals surface area contributed by atoms with E-state index in [0.717, 1.165) is 17.1 Å². The molecule has 2 amide bonds. The van der Waals surface area contributed by atoms with Gasteiger partial charge in [0.1, 0.15) is 30.0 Å². The lowest BCUT2D eigenvalue weighted by molar-refractivity contribution is -0.143. The van der Waals surface area contributed by atoms with Crippen molar-refractivity contribution in [2.24, 2.45) is 5.92 Å². The van der Waals surface area contributed by atoms with Crippen LogP contribution in [0.5, 0.6) is 0 Å². The van der Waals surface area contributed by atoms with E-state index < -0.39 is 72.9 Å². The zero-order chi connectivity index (χ0) is 31.5. The maximum absolute atomic E-state index is 15.0. The Hall–Kier alpha value is -3.96. The molecule has 0 aromatic carbocycles. The highest BCUT2D eigenvalue weighted by Gasteiger charge is 2.41. The first-order chi connectivity index (χ1) is 20.2. The molecule has 1 unspecified atom stereocenters. The van der Waals surface area contributed by atoms with Crippen LogP contribution in [0.4, 0.5) is 32.0 Å². The van der Waals surface area contributed by atoms with Gasteiger partial charge in [-0.25, -0.2) is 13.5 Å². The number of hydrogen-bond donors (Lipinski definition) is 2. The summed E-state index contributed by atoms with van der Waals surface area (Å²) in [5.74, 6) is -6.34. The molecule has 1 saturated carbocycles. The van der Waals surface area contributed by atoms with Crippen molar-refractivity contribution in [1.82, 2.24) is 39.9 Å². The van der Waals surface area contributed by atoms with E-state index in [-0.39, 0.29) is 36.9 Å². The Morgan fingerprint density at radius 2 is 1.91 bits per heavy atom. The summed E-state index contributed by atoms with van der Waals surface area (Å²) in [5.41, 5.74) is -0.400. The molecule has 2 atom stereocenters. The van der Waals surface area contributed by atoms with Crippen LogP contribution in [0.25, 0.3) is 0 Å². The summed E-state index contributed by atoms with van der Waals surface area (Å²) in [5, 5.41) is 19.7. The standard InChI is InChI=1S/C25H31F6N9O3/c1-14(2)40-17(6-9-33-40)22(41)35-20(15-4-7-24(27,28)8-5-15)23(42)34-16-11-38(36-21(16)26)19(12-43-3)18-10-32-37-39(18)13-25(29,30)31/h6,9-11,14-15,19-20H,4-5,7-8,12-13H2,1-3H3,(H,34,42)(H,35,41)/t19?,20-/m0/s1. The minimum atomic E-state index is -4.62. The average Bonchev–Trinajstić information content (AvgIpc) is 3.66. The van der Waals surface area contributed by atoms with E-state index >= 15 is 4.39 Å². The van der Waals surface area contributed by atoms with Crippen LogP contribution >= 0.6 is 0 Å². The molecule has 0 radical (unpaired) electrons. The molecule has 236 valence electrons. The summed E-state index contributed by atoms with van der Waals surface area (Å²) in [7, 11) is 1.28. The summed E-state index contributed by atoms with van der Waals surface area (Å²) >= 11 is 0. The minimum Gasteiger partial charge on any atom is -0.382 e. The number of carbonyl (C=O) groups is 2. The number of halogens is 6. The number of nitrogens with one attached hydrogen (secondary N) is 2. The van der Waals surface area contributed by atoms with Crippen LogP contribution in [0.15, 0.2) is 24.7 Å². The van der Waals surface area contributed by atoms with Crippen molar-refractivity contribution in [3.63, 3.8) is 0 Å². The van der Waals surface area contributed by atoms with Crippen molar-refractivity contribution in [3.05, 3.63) is 42.0 Å². The van der Waals surface area contributed by atoms with Gasteiger partial charge in [-0.2, -0.15) is 22.7 Å². The molecule has 3 aromatic heterocycles. The fraction of sp³-hybridized carbons (Fsp3) is 0.600. The average molecular weight is 620 g/mol. The number of amides is 2. The molecule has 18 heteroatoms. The largest absolute Gasteiger partial charge is 0.408 e. The lowest BCUT2D eigenvalue weighted by atomic mass is 9.81. The third-order valence-corrected chi connectivity index (χ3v) is 7.10. The number of aromatic nitrogens is 7. The molecule has 43 heavy (non-hydrogen) atoms. The Kier molecular flexibility index (Phi) is 9.46. The number of methoxy groups -OCH3 is 1. The summed E-state index contributed by atoms with van der Waals surface area (Å²) < 4.78 is 90.0. The minimum absolute atomic E-state index is 0.0807. The predicted octanol–water partition coefficient (Wildman–Crippen LogP) is 3.75. The van der Waals surface area contributed by atoms with Crippen LogP contribution < -0.4 is 10.6 Å². The first-order valence-electron chi connectivity index (χ1n) is 13.4. The smallest absolute Gasteiger partial charge is 0.382 e. The van der Waals surface area contributed by atoms with Crippen LogP contribution in [0, 0.1) is 11.9 Å². The Balaban J connectivity index is 1.59. The summed E-state index contributed by atoms with van der Waals surface area (Å²) in [4.78, 5) is 26.6. The van der Waals surface area contributed by atoms with E-state index in [1.165, 1.54) is 24.1 Å². The first-order valence-corrected chi connectivity index (χ1v) is 13.4. The second-order valence-electron chi connectivity index (χ2n) is 10.6. The normalized spacial score (nSPS) is 17.2. The fourth-order valence-electron chi connectivity index (χ4n) is 5.01. The zero-order valence-electron chi connectivity index (χ0n) is 23.5. The van der Waals surface area contributed by atoms with Crippen LogP contribution in [-0.2, 0) is 16.1 Å². The Bertz CT molecular complexity index is 1410. The summed E-state index contributed by atoms with van der Waals surface area (Å²) in [6, 6.07) is -1.19. The predicted molar refractivity (Wildman–Crippen MR) is 138 cm³/mol. The van der Waals surface area contributed by atoms with E-state index in [1.807, 2.05) is 0 Å². The van der Waals surface area contributed by atoms with Crippen molar-refractivity contribution in [3.8, 4) is 0 Å². The van der Waals surface area contributed by atoms with Gasteiger partial charge in [0.2, 0.25) is 11.8 Å². The van der Waals surface area contributed by atoms with E-state index in [4.69, 9.17) is 4.74 Å². The van der Waals surface area contributed by atoms with Crippen molar-refractivity contribution in [1.29, 1.82) is 0 Å². The molecule has 0 aliphatic heterocycles. The molecule has 12 nitrogen and oxygen atoms in total. The molecule has 4 rings (SSSR count). The Morgan fingerprint density at radius 1 is 1.21 bits per heavy atom. The topological polar surface area (TPSA) is 134 Å². The van der Waals surface area contributed by atoms with E-state index in [1.54, 1.807) is 13.8 Å². The van der Waals surface area contributed by atoms with Gasteiger partial charge in [-0.15, -0.1) is 10.2 Å². The lowest BCUT2D eigenvalue weighted by Crippen LogP contribution is -2.50. The van der Waals surface area contributed by atoms with Gasteiger partial charge in [0.15, 0.2) is 0 Å². The van der Waals surface area contributed by atoms with Gasteiger partial charge in [0.25, 0.3) is 11.9 Å². The number of ether oxygens (including phenoxy) is 1. The van der Waals surface area contributed by atoms with Gasteiger partial charge in [0.05, 0.1) is 24.7 Å². The number of rotatable bonds is 11. The molecule has 1 aliphatic carbocycles. The lowest BCUT2D eigenvalue weighted by Gasteiger charge is -2.33. The van der Waals surface area contributed by atoms with E-state index in [0.29, 0.717) is 4.68 Å². The van der Waals surface area contributed by atoms with Crippen molar-refractivity contribution in [2.45, 2.75) is 76.3 Å². The SMILES string of the molecule is COCC(c1cnnn1CC(F)(F)F)n1cc(NC(=O)[C@@H](NC(=O)c2ccnn2C(C)C)C2CCC(F)(F)CC2)c(F)n1. The molecule has 1 fully saturated rings. The molecule has 0 spiro atoms. The molecule has 3 heterocycles. The maximum Gasteiger partial charge on any atom is 0.408 e. The van der Waals surface area contributed by atoms with Gasteiger partial charge in [-0.05, 0) is 38.7 Å². The molecule has 3 aromatic rings. The van der Waals surface area contributed by atoms with Crippen molar-refractivity contribution in [2.75, 3.05) is 19.0 Å². The van der Waals surface area contributed by atoms with Gasteiger partial charge in [-0.1, -0.05) is 5.21 Å². The highest BCUT2D eigenvalue weighted by molar-refractivity contribution is 6.00. The number of anilines is 1. The van der Waals surface area contributed by atoms with Crippen molar-refractivity contribution < 1.29 is 40.7 Å². The molecule has 0 saturated heterocycles. The highest BCUT2D eigenvalue weighted by Crippen LogP contribution is 2.38. The maximum atomic E-state index is 15.0. The number of nitrogens with zero attached hydrogens (tertiary/aromatic N) is 7.